The molecule has 0 aliphatic rings. The van der Waals surface area contributed by atoms with Crippen LogP contribution in [0.3, 0.4) is 0 Å². The number of rotatable bonds is 8. The van der Waals surface area contributed by atoms with E-state index in [-0.39, 0.29) is 12.4 Å². The number of ketones is 1. The van der Waals surface area contributed by atoms with Gasteiger partial charge >= 0.3 is 5.97 Å². The van der Waals surface area contributed by atoms with E-state index in [4.69, 9.17) is 9.47 Å². The molecular formula is C20H20O5. The van der Waals surface area contributed by atoms with E-state index in [0.717, 1.165) is 11.3 Å². The zero-order chi connectivity index (χ0) is 18.1. The molecule has 2 rings (SSSR count). The second-order valence-electron chi connectivity index (χ2n) is 5.09. The van der Waals surface area contributed by atoms with E-state index in [9.17, 15) is 9.59 Å². The lowest BCUT2D eigenvalue weighted by Gasteiger charge is -2.05. The van der Waals surface area contributed by atoms with Gasteiger partial charge in [-0.1, -0.05) is 18.2 Å². The maximum Gasteiger partial charge on any atom is 0.343 e. The number of carbonyl (C=O) groups is 2. The number of ether oxygens (including phenoxy) is 3. The molecule has 2 aromatic carbocycles. The SMILES string of the molecule is CCOc1ccc(/C=C/C(=O)c2ccc(OCC(=O)OC)cc2)cc1. The van der Waals surface area contributed by atoms with Crippen molar-refractivity contribution < 1.29 is 23.8 Å². The largest absolute Gasteiger partial charge is 0.494 e. The Morgan fingerprint density at radius 3 is 2.12 bits per heavy atom. The second kappa shape index (κ2) is 9.27. The number of allylic oxidation sites excluding steroid dienone is 1. The number of hydrogen-bond donors (Lipinski definition) is 0. The van der Waals surface area contributed by atoms with Gasteiger partial charge in [0.05, 0.1) is 13.7 Å². The fourth-order valence-corrected chi connectivity index (χ4v) is 2.03. The molecule has 0 aliphatic heterocycles. The minimum absolute atomic E-state index is 0.117. The van der Waals surface area contributed by atoms with Crippen molar-refractivity contribution in [3.05, 3.63) is 65.7 Å². The van der Waals surface area contributed by atoms with Crippen LogP contribution in [0.4, 0.5) is 0 Å². The highest BCUT2D eigenvalue weighted by atomic mass is 16.6. The van der Waals surface area contributed by atoms with E-state index >= 15 is 0 Å². The van der Waals surface area contributed by atoms with Gasteiger partial charge in [-0.2, -0.15) is 0 Å². The standard InChI is InChI=1S/C20H20O5/c1-3-24-17-9-4-15(5-10-17)6-13-19(21)16-7-11-18(12-8-16)25-14-20(22)23-2/h4-13H,3,14H2,1-2H3/b13-6+. The summed E-state index contributed by atoms with van der Waals surface area (Å²) in [4.78, 5) is 23.2. The average Bonchev–Trinajstić information content (AvgIpc) is 2.66. The Kier molecular flexibility index (Phi) is 6.77. The number of hydrogen-bond acceptors (Lipinski definition) is 5. The molecule has 25 heavy (non-hydrogen) atoms. The first-order chi connectivity index (χ1) is 12.1. The van der Waals surface area contributed by atoms with Gasteiger partial charge in [-0.15, -0.1) is 0 Å². The molecule has 0 bridgehead atoms. The van der Waals surface area contributed by atoms with E-state index in [0.29, 0.717) is 17.9 Å². The molecular weight excluding hydrogens is 320 g/mol. The van der Waals surface area contributed by atoms with Gasteiger partial charge in [-0.05, 0) is 55.0 Å². The number of carbonyl (C=O) groups excluding carboxylic acids is 2. The van der Waals surface area contributed by atoms with Gasteiger partial charge in [0, 0.05) is 5.56 Å². The van der Waals surface area contributed by atoms with Gasteiger partial charge in [0.25, 0.3) is 0 Å². The minimum atomic E-state index is -0.460. The molecule has 130 valence electrons. The van der Waals surface area contributed by atoms with Gasteiger partial charge in [0.1, 0.15) is 11.5 Å². The second-order valence-corrected chi connectivity index (χ2v) is 5.09. The smallest absolute Gasteiger partial charge is 0.343 e. The average molecular weight is 340 g/mol. The zero-order valence-electron chi connectivity index (χ0n) is 14.2. The molecule has 0 aromatic heterocycles. The summed E-state index contributed by atoms with van der Waals surface area (Å²) in [6.07, 6.45) is 3.26. The fraction of sp³-hybridized carbons (Fsp3) is 0.200. The van der Waals surface area contributed by atoms with E-state index < -0.39 is 5.97 Å². The zero-order valence-corrected chi connectivity index (χ0v) is 14.2. The molecule has 0 aliphatic carbocycles. The van der Waals surface area contributed by atoms with Crippen molar-refractivity contribution in [3.8, 4) is 11.5 Å². The summed E-state index contributed by atoms with van der Waals surface area (Å²) in [5.74, 6) is 0.720. The van der Waals surface area contributed by atoms with E-state index in [1.165, 1.54) is 13.2 Å². The van der Waals surface area contributed by atoms with Gasteiger partial charge in [0.2, 0.25) is 0 Å². The molecule has 0 atom stereocenters. The van der Waals surface area contributed by atoms with Crippen LogP contribution in [0.2, 0.25) is 0 Å². The van der Waals surface area contributed by atoms with Crippen LogP contribution in [0.15, 0.2) is 54.6 Å². The van der Waals surface area contributed by atoms with E-state index in [1.54, 1.807) is 30.3 Å². The summed E-state index contributed by atoms with van der Waals surface area (Å²) in [7, 11) is 1.30. The first-order valence-electron chi connectivity index (χ1n) is 7.87. The molecule has 5 nitrogen and oxygen atoms in total. The third-order valence-electron chi connectivity index (χ3n) is 3.34. The van der Waals surface area contributed by atoms with Crippen molar-refractivity contribution in [1.29, 1.82) is 0 Å². The molecule has 0 saturated heterocycles. The van der Waals surface area contributed by atoms with Crippen molar-refractivity contribution in [1.82, 2.24) is 0 Å². The van der Waals surface area contributed by atoms with Crippen molar-refractivity contribution in [2.75, 3.05) is 20.3 Å². The van der Waals surface area contributed by atoms with Gasteiger partial charge in [-0.25, -0.2) is 4.79 Å². The predicted octanol–water partition coefficient (Wildman–Crippen LogP) is 3.53. The van der Waals surface area contributed by atoms with Crippen LogP contribution in [-0.4, -0.2) is 32.1 Å². The quantitative estimate of drug-likeness (QED) is 0.418. The summed E-state index contributed by atoms with van der Waals surface area (Å²) in [5.41, 5.74) is 1.45. The first-order valence-corrected chi connectivity index (χ1v) is 7.87. The highest BCUT2D eigenvalue weighted by Gasteiger charge is 2.04. The Balaban J connectivity index is 1.94. The van der Waals surface area contributed by atoms with E-state index in [2.05, 4.69) is 4.74 Å². The lowest BCUT2D eigenvalue weighted by molar-refractivity contribution is -0.142. The monoisotopic (exact) mass is 340 g/mol. The lowest BCUT2D eigenvalue weighted by Crippen LogP contribution is -2.12. The summed E-state index contributed by atoms with van der Waals surface area (Å²) in [6, 6.07) is 14.1. The maximum atomic E-state index is 12.2. The Labute approximate surface area is 146 Å². The van der Waals surface area contributed by atoms with Crippen LogP contribution in [0, 0.1) is 0 Å². The van der Waals surface area contributed by atoms with Crippen LogP contribution in [-0.2, 0) is 9.53 Å². The number of methoxy groups -OCH3 is 1. The minimum Gasteiger partial charge on any atom is -0.494 e. The van der Waals surface area contributed by atoms with Crippen molar-refractivity contribution >= 4 is 17.8 Å². The third-order valence-corrected chi connectivity index (χ3v) is 3.34. The molecule has 0 heterocycles. The normalized spacial score (nSPS) is 10.5. The molecule has 2 aromatic rings. The predicted molar refractivity (Wildman–Crippen MR) is 94.9 cm³/mol. The molecule has 5 heteroatoms. The van der Waals surface area contributed by atoms with Crippen LogP contribution in [0.1, 0.15) is 22.8 Å². The highest BCUT2D eigenvalue weighted by Crippen LogP contribution is 2.15. The van der Waals surface area contributed by atoms with Crippen LogP contribution in [0.25, 0.3) is 6.08 Å². The van der Waals surface area contributed by atoms with Crippen molar-refractivity contribution in [2.45, 2.75) is 6.92 Å². The van der Waals surface area contributed by atoms with Crippen molar-refractivity contribution in [2.24, 2.45) is 0 Å². The number of esters is 1. The summed E-state index contributed by atoms with van der Waals surface area (Å²) in [5, 5.41) is 0. The van der Waals surface area contributed by atoms with Gasteiger partial charge in [0.15, 0.2) is 12.4 Å². The molecule has 0 N–H and O–H groups in total. The Morgan fingerprint density at radius 2 is 1.52 bits per heavy atom. The van der Waals surface area contributed by atoms with E-state index in [1.807, 2.05) is 31.2 Å². The van der Waals surface area contributed by atoms with Gasteiger partial charge in [-0.3, -0.25) is 4.79 Å². The van der Waals surface area contributed by atoms with Crippen LogP contribution in [0.5, 0.6) is 11.5 Å². The molecule has 0 unspecified atom stereocenters. The first kappa shape index (κ1) is 18.3. The molecule has 0 radical (unpaired) electrons. The maximum absolute atomic E-state index is 12.2. The topological polar surface area (TPSA) is 61.8 Å². The number of benzene rings is 2. The van der Waals surface area contributed by atoms with Crippen molar-refractivity contribution in [3.63, 3.8) is 0 Å². The fourth-order valence-electron chi connectivity index (χ4n) is 2.03. The Hall–Kier alpha value is -3.08. The molecule has 0 amide bonds. The Morgan fingerprint density at radius 1 is 0.920 bits per heavy atom. The third kappa shape index (κ3) is 5.80. The molecule has 0 spiro atoms. The van der Waals surface area contributed by atoms with Crippen LogP contribution >= 0.6 is 0 Å². The molecule has 0 fully saturated rings. The summed E-state index contributed by atoms with van der Waals surface area (Å²) >= 11 is 0. The highest BCUT2D eigenvalue weighted by molar-refractivity contribution is 6.06. The molecule has 0 saturated carbocycles. The lowest BCUT2D eigenvalue weighted by atomic mass is 10.1. The summed E-state index contributed by atoms with van der Waals surface area (Å²) in [6.45, 7) is 2.38. The Bertz CT molecular complexity index is 730. The van der Waals surface area contributed by atoms with Crippen LogP contribution < -0.4 is 9.47 Å². The van der Waals surface area contributed by atoms with Gasteiger partial charge < -0.3 is 14.2 Å². The summed E-state index contributed by atoms with van der Waals surface area (Å²) < 4.78 is 15.1.